The number of hydrogen-bond acceptors (Lipinski definition) is 7. The molecule has 1 fully saturated rings. The summed E-state index contributed by atoms with van der Waals surface area (Å²) >= 11 is 1.29. The number of pyridine rings is 1. The number of aromatic nitrogens is 1. The van der Waals surface area contributed by atoms with E-state index in [1.54, 1.807) is 13.3 Å². The quantitative estimate of drug-likeness (QED) is 0.239. The Labute approximate surface area is 231 Å². The average molecular weight is 564 g/mol. The van der Waals surface area contributed by atoms with Crippen molar-refractivity contribution in [3.63, 3.8) is 0 Å². The minimum atomic E-state index is -1.45. The molecule has 39 heavy (non-hydrogen) atoms. The van der Waals surface area contributed by atoms with E-state index in [0.717, 1.165) is 60.2 Å². The Kier molecular flexibility index (Phi) is 9.64. The number of anilines is 1. The molecular weight excluding hydrogens is 527 g/mol. The van der Waals surface area contributed by atoms with Gasteiger partial charge in [0.25, 0.3) is 0 Å². The smallest absolute Gasteiger partial charge is 0.194 e. The summed E-state index contributed by atoms with van der Waals surface area (Å²) in [4.78, 5) is 9.12. The van der Waals surface area contributed by atoms with Crippen LogP contribution in [-0.4, -0.2) is 73.3 Å². The Morgan fingerprint density at radius 1 is 1.13 bits per heavy atom. The highest BCUT2D eigenvalue weighted by molar-refractivity contribution is 7.99. The topological polar surface area (TPSA) is 69.1 Å². The lowest BCUT2D eigenvalue weighted by molar-refractivity contribution is 0.0255. The molecule has 0 saturated carbocycles. The van der Waals surface area contributed by atoms with Gasteiger partial charge in [0.1, 0.15) is 5.75 Å². The third-order valence-corrected chi connectivity index (χ3v) is 8.70. The molecular formula is C29H36F3N3O3S. The molecule has 2 heterocycles. The van der Waals surface area contributed by atoms with Gasteiger partial charge in [-0.15, -0.1) is 11.8 Å². The number of rotatable bonds is 11. The van der Waals surface area contributed by atoms with Crippen molar-refractivity contribution in [2.24, 2.45) is 5.41 Å². The molecule has 1 aromatic heterocycles. The van der Waals surface area contributed by atoms with Gasteiger partial charge in [0, 0.05) is 48.8 Å². The van der Waals surface area contributed by atoms with Gasteiger partial charge in [-0.05, 0) is 74.5 Å². The monoisotopic (exact) mass is 563 g/mol. The van der Waals surface area contributed by atoms with Gasteiger partial charge in [-0.25, -0.2) is 13.2 Å². The number of halogens is 3. The first kappa shape index (κ1) is 29.5. The van der Waals surface area contributed by atoms with Gasteiger partial charge >= 0.3 is 0 Å². The number of nitrogens with zero attached hydrogens (tertiary/aromatic N) is 3. The third kappa shape index (κ3) is 6.80. The van der Waals surface area contributed by atoms with E-state index < -0.39 is 23.6 Å². The standard InChI is InChI=1S/C29H36F3N3O3S/c1-34(2)25-17-33-24-5-4-19(38-3)14-21(24)27(25)26(37)6-7-29(18-36)8-10-35(11-9-29)12-13-39-20-15-22(30)28(32)23(31)16-20/h4-5,14-17,26,36-37H,6-13,18H2,1-3H3. The van der Waals surface area contributed by atoms with Crippen LogP contribution >= 0.6 is 11.8 Å². The fourth-order valence-corrected chi connectivity index (χ4v) is 6.21. The predicted molar refractivity (Wildman–Crippen MR) is 149 cm³/mol. The minimum Gasteiger partial charge on any atom is -0.497 e. The van der Waals surface area contributed by atoms with E-state index in [1.165, 1.54) is 11.8 Å². The van der Waals surface area contributed by atoms with Crippen LogP contribution in [0.1, 0.15) is 37.4 Å². The molecule has 212 valence electrons. The number of aliphatic hydroxyl groups excluding tert-OH is 2. The molecule has 1 saturated heterocycles. The highest BCUT2D eigenvalue weighted by atomic mass is 32.2. The van der Waals surface area contributed by atoms with Crippen LogP contribution in [0.15, 0.2) is 41.4 Å². The van der Waals surface area contributed by atoms with Gasteiger partial charge in [0.2, 0.25) is 0 Å². The summed E-state index contributed by atoms with van der Waals surface area (Å²) in [5.41, 5.74) is 2.14. The molecule has 0 radical (unpaired) electrons. The van der Waals surface area contributed by atoms with Crippen LogP contribution in [0.2, 0.25) is 0 Å². The number of piperidine rings is 1. The number of hydrogen-bond donors (Lipinski definition) is 2. The van der Waals surface area contributed by atoms with Gasteiger partial charge in [-0.1, -0.05) is 0 Å². The van der Waals surface area contributed by atoms with Crippen LogP contribution in [-0.2, 0) is 0 Å². The molecule has 2 N–H and O–H groups in total. The van der Waals surface area contributed by atoms with E-state index in [4.69, 9.17) is 4.74 Å². The Morgan fingerprint density at radius 3 is 2.44 bits per heavy atom. The van der Waals surface area contributed by atoms with Crippen molar-refractivity contribution < 1.29 is 28.1 Å². The number of thioether (sulfide) groups is 1. The van der Waals surface area contributed by atoms with Crippen molar-refractivity contribution in [1.29, 1.82) is 0 Å². The van der Waals surface area contributed by atoms with Crippen LogP contribution in [0.3, 0.4) is 0 Å². The molecule has 1 atom stereocenters. The van der Waals surface area contributed by atoms with Gasteiger partial charge in [-0.2, -0.15) is 0 Å². The van der Waals surface area contributed by atoms with Crippen LogP contribution < -0.4 is 9.64 Å². The number of benzene rings is 2. The Morgan fingerprint density at radius 2 is 1.82 bits per heavy atom. The molecule has 2 aromatic carbocycles. The zero-order valence-corrected chi connectivity index (χ0v) is 23.4. The van der Waals surface area contributed by atoms with Crippen molar-refractivity contribution in [1.82, 2.24) is 9.88 Å². The highest BCUT2D eigenvalue weighted by Crippen LogP contribution is 2.41. The van der Waals surface area contributed by atoms with E-state index in [-0.39, 0.29) is 12.0 Å². The van der Waals surface area contributed by atoms with Gasteiger partial charge in [0.15, 0.2) is 17.5 Å². The summed E-state index contributed by atoms with van der Waals surface area (Å²) in [5, 5.41) is 22.6. The van der Waals surface area contributed by atoms with Crippen LogP contribution in [0, 0.1) is 22.9 Å². The average Bonchev–Trinajstić information content (AvgIpc) is 2.94. The summed E-state index contributed by atoms with van der Waals surface area (Å²) in [5.74, 6) is -2.50. The summed E-state index contributed by atoms with van der Waals surface area (Å²) in [6, 6.07) is 7.68. The molecule has 0 bridgehead atoms. The van der Waals surface area contributed by atoms with Crippen molar-refractivity contribution in [2.75, 3.05) is 58.1 Å². The van der Waals surface area contributed by atoms with Crippen molar-refractivity contribution >= 4 is 28.4 Å². The number of fused-ring (bicyclic) bond motifs is 1. The maximum absolute atomic E-state index is 13.5. The molecule has 3 aromatic rings. The van der Waals surface area contributed by atoms with E-state index >= 15 is 0 Å². The maximum atomic E-state index is 13.5. The van der Waals surface area contributed by atoms with E-state index in [9.17, 15) is 23.4 Å². The van der Waals surface area contributed by atoms with E-state index in [1.807, 2.05) is 37.2 Å². The lowest BCUT2D eigenvalue weighted by Crippen LogP contribution is -2.43. The van der Waals surface area contributed by atoms with Crippen molar-refractivity contribution in [2.45, 2.75) is 36.7 Å². The molecule has 1 unspecified atom stereocenters. The SMILES string of the molecule is COc1ccc2ncc(N(C)C)c(C(O)CCC3(CO)CCN(CCSc4cc(F)c(F)c(F)c4)CC3)c2c1. The Balaban J connectivity index is 1.37. The van der Waals surface area contributed by atoms with Crippen LogP contribution in [0.4, 0.5) is 18.9 Å². The Bertz CT molecular complexity index is 1260. The Hall–Kier alpha value is -2.53. The summed E-state index contributed by atoms with van der Waals surface area (Å²) < 4.78 is 45.5. The zero-order chi connectivity index (χ0) is 28.2. The minimum absolute atomic E-state index is 0.0435. The predicted octanol–water partition coefficient (Wildman–Crippen LogP) is 5.41. The fourth-order valence-electron chi connectivity index (χ4n) is 5.25. The maximum Gasteiger partial charge on any atom is 0.194 e. The molecule has 0 amide bonds. The first-order valence-corrected chi connectivity index (χ1v) is 14.1. The number of aliphatic hydroxyl groups is 2. The normalized spacial score (nSPS) is 16.4. The second-order valence-corrected chi connectivity index (χ2v) is 11.6. The summed E-state index contributed by atoms with van der Waals surface area (Å²) in [6.07, 6.45) is 3.77. The first-order chi connectivity index (χ1) is 18.7. The molecule has 1 aliphatic rings. The van der Waals surface area contributed by atoms with Crippen molar-refractivity contribution in [3.05, 3.63) is 59.5 Å². The molecule has 0 spiro atoms. The molecule has 1 aliphatic heterocycles. The van der Waals surface area contributed by atoms with Gasteiger partial charge < -0.3 is 24.7 Å². The lowest BCUT2D eigenvalue weighted by atomic mass is 9.74. The molecule has 0 aliphatic carbocycles. The van der Waals surface area contributed by atoms with Gasteiger partial charge in [-0.3, -0.25) is 4.98 Å². The number of methoxy groups -OCH3 is 1. The first-order valence-electron chi connectivity index (χ1n) is 13.1. The molecule has 10 heteroatoms. The van der Waals surface area contributed by atoms with Crippen molar-refractivity contribution in [3.8, 4) is 5.75 Å². The van der Waals surface area contributed by atoms with E-state index in [0.29, 0.717) is 35.8 Å². The highest BCUT2D eigenvalue weighted by Gasteiger charge is 2.35. The molecule has 6 nitrogen and oxygen atoms in total. The molecule has 4 rings (SSSR count). The lowest BCUT2D eigenvalue weighted by Gasteiger charge is -2.41. The van der Waals surface area contributed by atoms with Crippen LogP contribution in [0.25, 0.3) is 10.9 Å². The van der Waals surface area contributed by atoms with Crippen LogP contribution in [0.5, 0.6) is 5.75 Å². The zero-order valence-electron chi connectivity index (χ0n) is 22.6. The summed E-state index contributed by atoms with van der Waals surface area (Å²) in [6.45, 7) is 2.32. The number of likely N-dealkylation sites (tertiary alicyclic amines) is 1. The third-order valence-electron chi connectivity index (χ3n) is 7.74. The summed E-state index contributed by atoms with van der Waals surface area (Å²) in [7, 11) is 5.45. The van der Waals surface area contributed by atoms with E-state index in [2.05, 4.69) is 9.88 Å². The largest absolute Gasteiger partial charge is 0.497 e. The second kappa shape index (κ2) is 12.8. The van der Waals surface area contributed by atoms with Gasteiger partial charge in [0.05, 0.1) is 30.6 Å². The fraction of sp³-hybridized carbons (Fsp3) is 0.483. The number of ether oxygens (including phenoxy) is 1. The second-order valence-electron chi connectivity index (χ2n) is 10.4.